The van der Waals surface area contributed by atoms with Crippen molar-refractivity contribution in [2.75, 3.05) is 26.0 Å². The number of sulfone groups is 1. The van der Waals surface area contributed by atoms with Crippen molar-refractivity contribution in [3.05, 3.63) is 59.7 Å². The first-order valence-corrected chi connectivity index (χ1v) is 11.4. The number of nitrogens with zero attached hydrogens (tertiary/aromatic N) is 2. The van der Waals surface area contributed by atoms with Crippen LogP contribution in [0.1, 0.15) is 24.5 Å². The second-order valence-corrected chi connectivity index (χ2v) is 9.58. The largest absolute Gasteiger partial charge is 0.493 e. The van der Waals surface area contributed by atoms with Crippen molar-refractivity contribution < 1.29 is 13.2 Å². The van der Waals surface area contributed by atoms with Crippen LogP contribution in [-0.2, 0) is 16.3 Å². The number of hydrogen-bond donors (Lipinski definition) is 0. The predicted molar refractivity (Wildman–Crippen MR) is 109 cm³/mol. The van der Waals surface area contributed by atoms with Gasteiger partial charge in [-0.1, -0.05) is 12.1 Å². The Balaban J connectivity index is 1.49. The molecule has 0 saturated carbocycles. The summed E-state index contributed by atoms with van der Waals surface area (Å²) in [4.78, 5) is 2.78. The molecule has 2 aromatic carbocycles. The Hall–Kier alpha value is -2.36. The Morgan fingerprint density at radius 2 is 1.96 bits per heavy atom. The number of ether oxygens (including phenoxy) is 1. The number of benzene rings is 2. The molecule has 2 atom stereocenters. The van der Waals surface area contributed by atoms with Gasteiger partial charge >= 0.3 is 0 Å². The fourth-order valence-electron chi connectivity index (χ4n) is 3.72. The Morgan fingerprint density at radius 3 is 2.64 bits per heavy atom. The molecule has 148 valence electrons. The van der Waals surface area contributed by atoms with E-state index in [9.17, 15) is 8.42 Å². The van der Waals surface area contributed by atoms with Crippen molar-refractivity contribution in [1.82, 2.24) is 4.90 Å². The van der Waals surface area contributed by atoms with E-state index >= 15 is 0 Å². The highest BCUT2D eigenvalue weighted by Crippen LogP contribution is 2.25. The zero-order chi connectivity index (χ0) is 20.1. The molecular weight excluding hydrogens is 372 g/mol. The molecule has 0 aliphatic carbocycles. The molecule has 1 aliphatic heterocycles. The molecule has 0 bridgehead atoms. The van der Waals surface area contributed by atoms with Crippen LogP contribution in [0.5, 0.6) is 5.75 Å². The molecule has 1 saturated heterocycles. The smallest absolute Gasteiger partial charge is 0.175 e. The van der Waals surface area contributed by atoms with Crippen LogP contribution in [0.4, 0.5) is 0 Å². The van der Waals surface area contributed by atoms with Gasteiger partial charge in [-0.2, -0.15) is 5.26 Å². The third-order valence-electron chi connectivity index (χ3n) is 5.27. The summed E-state index contributed by atoms with van der Waals surface area (Å²) in [5.41, 5.74) is 1.90. The van der Waals surface area contributed by atoms with Crippen LogP contribution in [0.15, 0.2) is 53.4 Å². The first kappa shape index (κ1) is 20.4. The summed E-state index contributed by atoms with van der Waals surface area (Å²) in [6.45, 7) is 4.83. The van der Waals surface area contributed by atoms with Crippen LogP contribution < -0.4 is 4.74 Å². The average Bonchev–Trinajstić information content (AvgIpc) is 3.04. The van der Waals surface area contributed by atoms with Crippen LogP contribution in [-0.4, -0.2) is 45.3 Å². The zero-order valence-electron chi connectivity index (χ0n) is 16.3. The molecule has 0 N–H and O–H groups in total. The van der Waals surface area contributed by atoms with Crippen molar-refractivity contribution >= 4 is 9.84 Å². The highest BCUT2D eigenvalue weighted by Gasteiger charge is 2.29. The Labute approximate surface area is 167 Å². The van der Waals surface area contributed by atoms with Gasteiger partial charge in [0, 0.05) is 31.3 Å². The molecule has 5 nitrogen and oxygen atoms in total. The van der Waals surface area contributed by atoms with E-state index in [1.54, 1.807) is 24.3 Å². The lowest BCUT2D eigenvalue weighted by Crippen LogP contribution is -2.29. The third-order valence-corrected chi connectivity index (χ3v) is 6.40. The van der Waals surface area contributed by atoms with E-state index < -0.39 is 9.84 Å². The molecule has 3 rings (SSSR count). The molecule has 0 spiro atoms. The van der Waals surface area contributed by atoms with Gasteiger partial charge in [0.15, 0.2) is 9.84 Å². The maximum absolute atomic E-state index is 11.5. The molecule has 0 unspecified atom stereocenters. The van der Waals surface area contributed by atoms with E-state index in [0.29, 0.717) is 34.8 Å². The molecule has 0 aromatic heterocycles. The first-order chi connectivity index (χ1) is 13.3. The van der Waals surface area contributed by atoms with E-state index in [1.807, 2.05) is 18.2 Å². The average molecular weight is 399 g/mol. The lowest BCUT2D eigenvalue weighted by Gasteiger charge is -2.21. The minimum Gasteiger partial charge on any atom is -0.493 e. The van der Waals surface area contributed by atoms with Crippen molar-refractivity contribution in [2.45, 2.75) is 30.7 Å². The quantitative estimate of drug-likeness (QED) is 0.716. The molecule has 1 heterocycles. The first-order valence-electron chi connectivity index (χ1n) is 9.51. The fraction of sp³-hybridized carbons (Fsp3) is 0.409. The van der Waals surface area contributed by atoms with Gasteiger partial charge in [0.2, 0.25) is 0 Å². The highest BCUT2D eigenvalue weighted by atomic mass is 32.2. The maximum Gasteiger partial charge on any atom is 0.175 e. The lowest BCUT2D eigenvalue weighted by atomic mass is 10.1. The van der Waals surface area contributed by atoms with E-state index in [4.69, 9.17) is 10.00 Å². The minimum absolute atomic E-state index is 0.306. The van der Waals surface area contributed by atoms with Gasteiger partial charge in [0.1, 0.15) is 5.75 Å². The molecule has 1 aliphatic rings. The number of likely N-dealkylation sites (tertiary alicyclic amines) is 1. The summed E-state index contributed by atoms with van der Waals surface area (Å²) in [5.74, 6) is 1.15. The van der Waals surface area contributed by atoms with Crippen molar-refractivity contribution in [3.8, 4) is 11.8 Å². The molecule has 0 amide bonds. The topological polar surface area (TPSA) is 70.4 Å². The van der Waals surface area contributed by atoms with Crippen LogP contribution >= 0.6 is 0 Å². The number of nitriles is 1. The van der Waals surface area contributed by atoms with Gasteiger partial charge in [-0.3, -0.25) is 4.90 Å². The summed E-state index contributed by atoms with van der Waals surface area (Å²) in [6, 6.07) is 17.1. The normalized spacial score (nSPS) is 20.0. The molecular formula is C22H26N2O3S. The lowest BCUT2D eigenvalue weighted by molar-refractivity contribution is 0.234. The summed E-state index contributed by atoms with van der Waals surface area (Å²) in [7, 11) is -3.18. The van der Waals surface area contributed by atoms with Crippen LogP contribution in [0.2, 0.25) is 0 Å². The number of hydrogen-bond acceptors (Lipinski definition) is 5. The van der Waals surface area contributed by atoms with Crippen molar-refractivity contribution in [1.29, 1.82) is 5.26 Å². The summed E-state index contributed by atoms with van der Waals surface area (Å²) >= 11 is 0. The standard InChI is InChI=1S/C22H26N2O3S/c1-17-12-20(16-27-21-6-8-22(9-7-21)28(2,25)26)15-24(17)11-10-18-4-3-5-19(13-18)14-23/h3-9,13,17,20H,10-12,15-16H2,1-2H3/t17-,20-/m1/s1. The second-order valence-electron chi connectivity index (χ2n) is 7.56. The monoisotopic (exact) mass is 398 g/mol. The van der Waals surface area contributed by atoms with Gasteiger partial charge in [-0.05, 0) is 61.7 Å². The predicted octanol–water partition coefficient (Wildman–Crippen LogP) is 3.29. The van der Waals surface area contributed by atoms with Crippen LogP contribution in [0.3, 0.4) is 0 Å². The van der Waals surface area contributed by atoms with Crippen LogP contribution in [0, 0.1) is 17.2 Å². The van der Waals surface area contributed by atoms with E-state index in [2.05, 4.69) is 24.0 Å². The van der Waals surface area contributed by atoms with Gasteiger partial charge in [0.25, 0.3) is 0 Å². The number of rotatable bonds is 7. The molecule has 0 radical (unpaired) electrons. The Kier molecular flexibility index (Phi) is 6.38. The van der Waals surface area contributed by atoms with Crippen molar-refractivity contribution in [3.63, 3.8) is 0 Å². The van der Waals surface area contributed by atoms with Crippen molar-refractivity contribution in [2.24, 2.45) is 5.92 Å². The van der Waals surface area contributed by atoms with E-state index in [-0.39, 0.29) is 0 Å². The van der Waals surface area contributed by atoms with E-state index in [0.717, 1.165) is 25.9 Å². The minimum atomic E-state index is -3.18. The third kappa shape index (κ3) is 5.34. The van der Waals surface area contributed by atoms with Crippen LogP contribution in [0.25, 0.3) is 0 Å². The SMILES string of the molecule is C[C@@H]1C[C@@H](COc2ccc(S(C)(=O)=O)cc2)CN1CCc1cccc(C#N)c1. The van der Waals surface area contributed by atoms with Gasteiger partial charge in [-0.15, -0.1) is 0 Å². The highest BCUT2D eigenvalue weighted by molar-refractivity contribution is 7.90. The maximum atomic E-state index is 11.5. The van der Waals surface area contributed by atoms with Gasteiger partial charge in [0.05, 0.1) is 23.1 Å². The summed E-state index contributed by atoms with van der Waals surface area (Å²) in [6.07, 6.45) is 3.22. The molecule has 6 heteroatoms. The van der Waals surface area contributed by atoms with Gasteiger partial charge < -0.3 is 4.74 Å². The van der Waals surface area contributed by atoms with E-state index in [1.165, 1.54) is 11.8 Å². The summed E-state index contributed by atoms with van der Waals surface area (Å²) < 4.78 is 28.9. The summed E-state index contributed by atoms with van der Waals surface area (Å²) in [5, 5.41) is 9.02. The molecule has 1 fully saturated rings. The fourth-order valence-corrected chi connectivity index (χ4v) is 4.35. The second kappa shape index (κ2) is 8.76. The Bertz CT molecular complexity index is 948. The van der Waals surface area contributed by atoms with Gasteiger partial charge in [-0.25, -0.2) is 8.42 Å². The molecule has 2 aromatic rings. The molecule has 28 heavy (non-hydrogen) atoms. The Morgan fingerprint density at radius 1 is 1.21 bits per heavy atom. The zero-order valence-corrected chi connectivity index (χ0v) is 17.2.